The average Bonchev–Trinajstić information content (AvgIpc) is 2.30. The van der Waals surface area contributed by atoms with Crippen LogP contribution in [0.5, 0.6) is 0 Å². The molecule has 0 unspecified atom stereocenters. The maximum absolute atomic E-state index is 5.57. The second kappa shape index (κ2) is 5.97. The Kier molecular flexibility index (Phi) is 4.90. The van der Waals surface area contributed by atoms with Crippen LogP contribution < -0.4 is 0 Å². The third-order valence-electron chi connectivity index (χ3n) is 3.00. The van der Waals surface area contributed by atoms with Gasteiger partial charge in [-0.3, -0.25) is 0 Å². The third kappa shape index (κ3) is 3.58. The molecule has 0 aliphatic carbocycles. The van der Waals surface area contributed by atoms with E-state index in [0.29, 0.717) is 5.88 Å². The first-order valence-corrected chi connectivity index (χ1v) is 6.29. The van der Waals surface area contributed by atoms with E-state index in [0.717, 1.165) is 18.4 Å². The molecule has 1 aromatic carbocycles. The van der Waals surface area contributed by atoms with E-state index in [9.17, 15) is 0 Å². The second-order valence-electron chi connectivity index (χ2n) is 4.56. The van der Waals surface area contributed by atoms with Crippen LogP contribution in [0.2, 0.25) is 0 Å². The summed E-state index contributed by atoms with van der Waals surface area (Å²) in [6.07, 6.45) is 1.90. The normalized spacial score (nSPS) is 10.8. The first-order chi connectivity index (χ1) is 7.60. The number of halogens is 1. The standard InChI is InChI=1S/C15H19Cl/c1-4-15(2,3)14-10-8-13(9-11-14)7-5-6-12-16/h8-11H,4,6,12H2,1-3H3. The highest BCUT2D eigenvalue weighted by Crippen LogP contribution is 2.26. The van der Waals surface area contributed by atoms with Crippen LogP contribution in [0.15, 0.2) is 24.3 Å². The summed E-state index contributed by atoms with van der Waals surface area (Å²) in [5.41, 5.74) is 2.70. The molecule has 1 heteroatoms. The van der Waals surface area contributed by atoms with Gasteiger partial charge in [-0.05, 0) is 29.5 Å². The summed E-state index contributed by atoms with van der Waals surface area (Å²) in [7, 11) is 0. The molecule has 0 aliphatic heterocycles. The van der Waals surface area contributed by atoms with E-state index >= 15 is 0 Å². The Morgan fingerprint density at radius 1 is 1.19 bits per heavy atom. The lowest BCUT2D eigenvalue weighted by Gasteiger charge is -2.23. The van der Waals surface area contributed by atoms with Gasteiger partial charge in [-0.15, -0.1) is 11.6 Å². The molecule has 0 N–H and O–H groups in total. The second-order valence-corrected chi connectivity index (χ2v) is 4.93. The van der Waals surface area contributed by atoms with Crippen LogP contribution in [0, 0.1) is 11.8 Å². The van der Waals surface area contributed by atoms with Crippen LogP contribution in [0.25, 0.3) is 0 Å². The summed E-state index contributed by atoms with van der Waals surface area (Å²) in [6.45, 7) is 6.75. The fourth-order valence-corrected chi connectivity index (χ4v) is 1.52. The quantitative estimate of drug-likeness (QED) is 0.539. The van der Waals surface area contributed by atoms with Crippen LogP contribution in [-0.2, 0) is 5.41 Å². The van der Waals surface area contributed by atoms with Gasteiger partial charge in [0.2, 0.25) is 0 Å². The van der Waals surface area contributed by atoms with Crippen molar-refractivity contribution in [2.75, 3.05) is 5.88 Å². The predicted molar refractivity (Wildman–Crippen MR) is 72.0 cm³/mol. The number of benzene rings is 1. The fourth-order valence-electron chi connectivity index (χ4n) is 1.42. The number of hydrogen-bond acceptors (Lipinski definition) is 0. The number of hydrogen-bond donors (Lipinski definition) is 0. The summed E-state index contributed by atoms with van der Waals surface area (Å²) in [5.74, 6) is 6.75. The van der Waals surface area contributed by atoms with Gasteiger partial charge < -0.3 is 0 Å². The maximum atomic E-state index is 5.57. The van der Waals surface area contributed by atoms with Crippen molar-refractivity contribution in [1.29, 1.82) is 0 Å². The molecule has 16 heavy (non-hydrogen) atoms. The van der Waals surface area contributed by atoms with Crippen LogP contribution in [0.4, 0.5) is 0 Å². The highest BCUT2D eigenvalue weighted by atomic mass is 35.5. The van der Waals surface area contributed by atoms with Crippen molar-refractivity contribution in [3.05, 3.63) is 35.4 Å². The Hall–Kier alpha value is -0.930. The van der Waals surface area contributed by atoms with Crippen molar-refractivity contribution in [2.24, 2.45) is 0 Å². The van der Waals surface area contributed by atoms with E-state index < -0.39 is 0 Å². The fraction of sp³-hybridized carbons (Fsp3) is 0.467. The van der Waals surface area contributed by atoms with E-state index in [1.807, 2.05) is 0 Å². The molecule has 0 saturated heterocycles. The predicted octanol–water partition coefficient (Wildman–Crippen LogP) is 4.35. The third-order valence-corrected chi connectivity index (χ3v) is 3.19. The summed E-state index contributed by atoms with van der Waals surface area (Å²) in [5, 5.41) is 0. The van der Waals surface area contributed by atoms with Crippen molar-refractivity contribution in [3.8, 4) is 11.8 Å². The van der Waals surface area contributed by atoms with Gasteiger partial charge in [0.1, 0.15) is 0 Å². The smallest absolute Gasteiger partial charge is 0.0333 e. The molecular weight excluding hydrogens is 216 g/mol. The minimum atomic E-state index is 0.252. The molecule has 0 heterocycles. The van der Waals surface area contributed by atoms with Crippen molar-refractivity contribution >= 4 is 11.6 Å². The topological polar surface area (TPSA) is 0 Å². The molecule has 0 amide bonds. The Bertz CT molecular complexity index is 376. The lowest BCUT2D eigenvalue weighted by atomic mass is 9.82. The van der Waals surface area contributed by atoms with Crippen molar-refractivity contribution in [2.45, 2.75) is 39.0 Å². The minimum absolute atomic E-state index is 0.252. The first kappa shape index (κ1) is 13.1. The zero-order chi connectivity index (χ0) is 12.0. The summed E-state index contributed by atoms with van der Waals surface area (Å²) in [6, 6.07) is 8.53. The summed E-state index contributed by atoms with van der Waals surface area (Å²) < 4.78 is 0. The number of rotatable bonds is 3. The van der Waals surface area contributed by atoms with Crippen LogP contribution in [-0.4, -0.2) is 5.88 Å². The van der Waals surface area contributed by atoms with E-state index in [1.54, 1.807) is 0 Å². The molecule has 0 nitrogen and oxygen atoms in total. The van der Waals surface area contributed by atoms with Crippen LogP contribution in [0.3, 0.4) is 0 Å². The van der Waals surface area contributed by atoms with Crippen LogP contribution >= 0.6 is 11.6 Å². The maximum Gasteiger partial charge on any atom is 0.0333 e. The highest BCUT2D eigenvalue weighted by molar-refractivity contribution is 6.18. The van der Waals surface area contributed by atoms with Crippen molar-refractivity contribution in [1.82, 2.24) is 0 Å². The lowest BCUT2D eigenvalue weighted by Crippen LogP contribution is -2.14. The highest BCUT2D eigenvalue weighted by Gasteiger charge is 2.16. The Labute approximate surface area is 104 Å². The van der Waals surface area contributed by atoms with E-state index in [-0.39, 0.29) is 5.41 Å². The Morgan fingerprint density at radius 2 is 1.81 bits per heavy atom. The Balaban J connectivity index is 2.81. The van der Waals surface area contributed by atoms with Gasteiger partial charge >= 0.3 is 0 Å². The number of alkyl halides is 1. The largest absolute Gasteiger partial charge is 0.126 e. The molecule has 0 spiro atoms. The molecule has 1 rings (SSSR count). The molecule has 0 aliphatic rings. The van der Waals surface area contributed by atoms with Gasteiger partial charge in [0, 0.05) is 17.9 Å². The van der Waals surface area contributed by atoms with Crippen LogP contribution in [0.1, 0.15) is 44.7 Å². The molecule has 86 valence electrons. The van der Waals surface area contributed by atoms with E-state index in [2.05, 4.69) is 56.9 Å². The zero-order valence-corrected chi connectivity index (χ0v) is 11.1. The Morgan fingerprint density at radius 3 is 2.31 bits per heavy atom. The molecule has 0 aromatic heterocycles. The average molecular weight is 235 g/mol. The molecule has 0 fully saturated rings. The SMILES string of the molecule is CCC(C)(C)c1ccc(C#CCCCl)cc1. The van der Waals surface area contributed by atoms with Crippen molar-refractivity contribution < 1.29 is 0 Å². The molecule has 0 bridgehead atoms. The monoisotopic (exact) mass is 234 g/mol. The lowest BCUT2D eigenvalue weighted by molar-refractivity contribution is 0.506. The minimum Gasteiger partial charge on any atom is -0.126 e. The zero-order valence-electron chi connectivity index (χ0n) is 10.3. The van der Waals surface area contributed by atoms with Gasteiger partial charge in [-0.1, -0.05) is 44.7 Å². The van der Waals surface area contributed by atoms with Gasteiger partial charge in [0.05, 0.1) is 0 Å². The van der Waals surface area contributed by atoms with Gasteiger partial charge in [0.25, 0.3) is 0 Å². The van der Waals surface area contributed by atoms with Gasteiger partial charge in [-0.2, -0.15) is 0 Å². The van der Waals surface area contributed by atoms with E-state index in [1.165, 1.54) is 5.56 Å². The molecule has 0 saturated carbocycles. The van der Waals surface area contributed by atoms with E-state index in [4.69, 9.17) is 11.6 Å². The first-order valence-electron chi connectivity index (χ1n) is 5.75. The van der Waals surface area contributed by atoms with Crippen molar-refractivity contribution in [3.63, 3.8) is 0 Å². The van der Waals surface area contributed by atoms with Gasteiger partial charge in [-0.25, -0.2) is 0 Å². The summed E-state index contributed by atoms with van der Waals surface area (Å²) >= 11 is 5.57. The molecule has 0 radical (unpaired) electrons. The molecule has 1 aromatic rings. The summed E-state index contributed by atoms with van der Waals surface area (Å²) in [4.78, 5) is 0. The molecular formula is C15H19Cl. The molecule has 0 atom stereocenters. The van der Waals surface area contributed by atoms with Gasteiger partial charge in [0.15, 0.2) is 0 Å².